The van der Waals surface area contributed by atoms with Crippen LogP contribution in [0.25, 0.3) is 6.08 Å². The highest BCUT2D eigenvalue weighted by Gasteiger charge is 2.11. The first-order valence-electron chi connectivity index (χ1n) is 7.71. The molecule has 0 bridgehead atoms. The van der Waals surface area contributed by atoms with E-state index in [0.29, 0.717) is 17.1 Å². The van der Waals surface area contributed by atoms with Gasteiger partial charge in [0.15, 0.2) is 5.78 Å². The lowest BCUT2D eigenvalue weighted by atomic mass is 10.1. The van der Waals surface area contributed by atoms with E-state index in [1.54, 1.807) is 44.6 Å². The lowest BCUT2D eigenvalue weighted by Crippen LogP contribution is -2.10. The van der Waals surface area contributed by atoms with E-state index < -0.39 is 0 Å². The number of ether oxygens (including phenoxy) is 2. The first kappa shape index (κ1) is 17.8. The second kappa shape index (κ2) is 8.31. The predicted octanol–water partition coefficient (Wildman–Crippen LogP) is 3.66. The summed E-state index contributed by atoms with van der Waals surface area (Å²) in [5.41, 5.74) is 2.70. The SMILES string of the molecule is COc1ccc(OC)c(C(=O)/C=C/c2ccc(CN(C)C)cc2)c1. The molecule has 0 unspecified atom stereocenters. The maximum Gasteiger partial charge on any atom is 0.189 e. The van der Waals surface area contributed by atoms with Gasteiger partial charge in [-0.1, -0.05) is 30.3 Å². The molecule has 0 amide bonds. The first-order chi connectivity index (χ1) is 11.5. The van der Waals surface area contributed by atoms with E-state index >= 15 is 0 Å². The topological polar surface area (TPSA) is 38.8 Å². The van der Waals surface area contributed by atoms with Gasteiger partial charge in [-0.05, 0) is 49.5 Å². The molecule has 0 saturated heterocycles. The monoisotopic (exact) mass is 325 g/mol. The molecule has 0 aliphatic heterocycles. The van der Waals surface area contributed by atoms with E-state index in [-0.39, 0.29) is 5.78 Å². The van der Waals surface area contributed by atoms with Crippen LogP contribution in [0, 0.1) is 0 Å². The van der Waals surface area contributed by atoms with Gasteiger partial charge in [0.05, 0.1) is 19.8 Å². The number of carbonyl (C=O) groups excluding carboxylic acids is 1. The fourth-order valence-corrected chi connectivity index (χ4v) is 2.37. The molecule has 0 aliphatic carbocycles. The van der Waals surface area contributed by atoms with Crippen molar-refractivity contribution >= 4 is 11.9 Å². The molecule has 2 aromatic rings. The summed E-state index contributed by atoms with van der Waals surface area (Å²) in [6.07, 6.45) is 3.36. The maximum absolute atomic E-state index is 12.4. The molecule has 0 fully saturated rings. The quantitative estimate of drug-likeness (QED) is 0.575. The Morgan fingerprint density at radius 3 is 2.33 bits per heavy atom. The predicted molar refractivity (Wildman–Crippen MR) is 96.7 cm³/mol. The van der Waals surface area contributed by atoms with Gasteiger partial charge < -0.3 is 14.4 Å². The minimum absolute atomic E-state index is 0.122. The smallest absolute Gasteiger partial charge is 0.189 e. The fourth-order valence-electron chi connectivity index (χ4n) is 2.37. The van der Waals surface area contributed by atoms with Gasteiger partial charge in [0.25, 0.3) is 0 Å². The Morgan fingerprint density at radius 1 is 1.04 bits per heavy atom. The molecule has 0 aromatic heterocycles. The molecule has 0 heterocycles. The van der Waals surface area contributed by atoms with Crippen molar-refractivity contribution in [1.29, 1.82) is 0 Å². The number of hydrogen-bond donors (Lipinski definition) is 0. The molecule has 2 rings (SSSR count). The van der Waals surface area contributed by atoms with Crippen LogP contribution in [0.5, 0.6) is 11.5 Å². The van der Waals surface area contributed by atoms with Crippen LogP contribution in [0.2, 0.25) is 0 Å². The summed E-state index contributed by atoms with van der Waals surface area (Å²) >= 11 is 0. The van der Waals surface area contributed by atoms with Crippen molar-refractivity contribution in [3.8, 4) is 11.5 Å². The summed E-state index contributed by atoms with van der Waals surface area (Å²) in [6, 6.07) is 13.3. The van der Waals surface area contributed by atoms with E-state index in [0.717, 1.165) is 12.1 Å². The number of allylic oxidation sites excluding steroid dienone is 1. The number of nitrogens with zero attached hydrogens (tertiary/aromatic N) is 1. The van der Waals surface area contributed by atoms with Gasteiger partial charge in [0, 0.05) is 6.54 Å². The summed E-state index contributed by atoms with van der Waals surface area (Å²) in [6.45, 7) is 0.893. The Hall–Kier alpha value is -2.59. The summed E-state index contributed by atoms with van der Waals surface area (Å²) in [5, 5.41) is 0. The highest BCUT2D eigenvalue weighted by atomic mass is 16.5. The van der Waals surface area contributed by atoms with Gasteiger partial charge in [0.1, 0.15) is 11.5 Å². The number of ketones is 1. The minimum atomic E-state index is -0.122. The average molecular weight is 325 g/mol. The zero-order valence-electron chi connectivity index (χ0n) is 14.6. The van der Waals surface area contributed by atoms with E-state index in [4.69, 9.17) is 9.47 Å². The average Bonchev–Trinajstić information content (AvgIpc) is 2.59. The van der Waals surface area contributed by atoms with Gasteiger partial charge in [-0.15, -0.1) is 0 Å². The lowest BCUT2D eigenvalue weighted by Gasteiger charge is -2.09. The molecule has 0 spiro atoms. The summed E-state index contributed by atoms with van der Waals surface area (Å²) in [4.78, 5) is 14.6. The van der Waals surface area contributed by atoms with Crippen LogP contribution in [0.3, 0.4) is 0 Å². The largest absolute Gasteiger partial charge is 0.497 e. The molecule has 0 radical (unpaired) electrons. The molecule has 126 valence electrons. The summed E-state index contributed by atoms with van der Waals surface area (Å²) in [7, 11) is 7.19. The molecular weight excluding hydrogens is 302 g/mol. The first-order valence-corrected chi connectivity index (χ1v) is 7.71. The van der Waals surface area contributed by atoms with E-state index in [1.165, 1.54) is 5.56 Å². The number of rotatable bonds is 7. The van der Waals surface area contributed by atoms with Gasteiger partial charge in [0.2, 0.25) is 0 Å². The third-order valence-corrected chi connectivity index (χ3v) is 3.58. The van der Waals surface area contributed by atoms with Crippen LogP contribution in [-0.4, -0.2) is 39.0 Å². The highest BCUT2D eigenvalue weighted by Crippen LogP contribution is 2.25. The number of benzene rings is 2. The standard InChI is InChI=1S/C20H23NO3/c1-21(2)14-16-7-5-15(6-8-16)9-11-19(22)18-13-17(23-3)10-12-20(18)24-4/h5-13H,14H2,1-4H3/b11-9+. The van der Waals surface area contributed by atoms with E-state index in [9.17, 15) is 4.79 Å². The normalized spacial score (nSPS) is 11.0. The summed E-state index contributed by atoms with van der Waals surface area (Å²) in [5.74, 6) is 1.04. The van der Waals surface area contributed by atoms with Crippen molar-refractivity contribution in [2.75, 3.05) is 28.3 Å². The van der Waals surface area contributed by atoms with Crippen LogP contribution in [-0.2, 0) is 6.54 Å². The molecule has 0 atom stereocenters. The Bertz CT molecular complexity index is 718. The second-order valence-electron chi connectivity index (χ2n) is 5.74. The Morgan fingerprint density at radius 2 is 1.75 bits per heavy atom. The van der Waals surface area contributed by atoms with Crippen LogP contribution in [0.4, 0.5) is 0 Å². The van der Waals surface area contributed by atoms with Crippen LogP contribution >= 0.6 is 0 Å². The van der Waals surface area contributed by atoms with Crippen LogP contribution < -0.4 is 9.47 Å². The highest BCUT2D eigenvalue weighted by molar-refractivity contribution is 6.08. The Labute approximate surface area is 143 Å². The van der Waals surface area contributed by atoms with Gasteiger partial charge in [-0.25, -0.2) is 0 Å². The lowest BCUT2D eigenvalue weighted by molar-refractivity contribution is 0.104. The van der Waals surface area contributed by atoms with Crippen molar-refractivity contribution in [3.63, 3.8) is 0 Å². The molecule has 2 aromatic carbocycles. The van der Waals surface area contributed by atoms with Crippen molar-refractivity contribution in [2.24, 2.45) is 0 Å². The molecule has 4 nitrogen and oxygen atoms in total. The Balaban J connectivity index is 2.15. The minimum Gasteiger partial charge on any atom is -0.497 e. The third kappa shape index (κ3) is 4.70. The van der Waals surface area contributed by atoms with Gasteiger partial charge in [-0.3, -0.25) is 4.79 Å². The number of hydrogen-bond acceptors (Lipinski definition) is 4. The van der Waals surface area contributed by atoms with E-state index in [2.05, 4.69) is 17.0 Å². The zero-order chi connectivity index (χ0) is 17.5. The molecule has 24 heavy (non-hydrogen) atoms. The van der Waals surface area contributed by atoms with Crippen LogP contribution in [0.15, 0.2) is 48.5 Å². The van der Waals surface area contributed by atoms with Crippen LogP contribution in [0.1, 0.15) is 21.5 Å². The molecule has 0 saturated carbocycles. The fraction of sp³-hybridized carbons (Fsp3) is 0.250. The molecular formula is C20H23NO3. The maximum atomic E-state index is 12.4. The number of methoxy groups -OCH3 is 2. The second-order valence-corrected chi connectivity index (χ2v) is 5.74. The van der Waals surface area contributed by atoms with Gasteiger partial charge >= 0.3 is 0 Å². The summed E-state index contributed by atoms with van der Waals surface area (Å²) < 4.78 is 10.4. The molecule has 4 heteroatoms. The van der Waals surface area contributed by atoms with Gasteiger partial charge in [-0.2, -0.15) is 0 Å². The molecule has 0 N–H and O–H groups in total. The third-order valence-electron chi connectivity index (χ3n) is 3.58. The van der Waals surface area contributed by atoms with E-state index in [1.807, 2.05) is 26.2 Å². The zero-order valence-corrected chi connectivity index (χ0v) is 14.6. The van der Waals surface area contributed by atoms with Crippen molar-refractivity contribution in [2.45, 2.75) is 6.54 Å². The van der Waals surface area contributed by atoms with Crippen molar-refractivity contribution in [3.05, 3.63) is 65.2 Å². The van der Waals surface area contributed by atoms with Crippen molar-refractivity contribution in [1.82, 2.24) is 4.90 Å². The Kier molecular flexibility index (Phi) is 6.15. The molecule has 0 aliphatic rings. The number of carbonyl (C=O) groups is 1. The van der Waals surface area contributed by atoms with Crippen molar-refractivity contribution < 1.29 is 14.3 Å².